The third-order valence-corrected chi connectivity index (χ3v) is 3.55. The van der Waals surface area contributed by atoms with E-state index >= 15 is 0 Å². The van der Waals surface area contributed by atoms with Crippen molar-refractivity contribution in [3.63, 3.8) is 0 Å². The molecule has 1 saturated heterocycles. The highest BCUT2D eigenvalue weighted by atomic mass is 16.3. The minimum Gasteiger partial charge on any atom is -0.391 e. The number of carbonyl (C=O) groups excluding carboxylic acids is 2. The number of amides is 3. The maximum atomic E-state index is 12.2. The number of likely N-dealkylation sites (tertiary alicyclic amines) is 1. The SMILES string of the molecule is CC(C)(C)NC(=O)c1cccc(NC(=O)N2CCC[C@H](O)C2)c1. The Kier molecular flexibility index (Phi) is 5.26. The van der Waals surface area contributed by atoms with Crippen LogP contribution in [0.15, 0.2) is 24.3 Å². The maximum absolute atomic E-state index is 12.2. The first-order valence-corrected chi connectivity index (χ1v) is 7.91. The van der Waals surface area contributed by atoms with Gasteiger partial charge in [-0.3, -0.25) is 4.79 Å². The molecule has 0 spiro atoms. The molecule has 126 valence electrons. The van der Waals surface area contributed by atoms with Gasteiger partial charge >= 0.3 is 6.03 Å². The zero-order chi connectivity index (χ0) is 17.0. The third kappa shape index (κ3) is 5.25. The predicted octanol–water partition coefficient (Wildman–Crippen LogP) is 2.20. The van der Waals surface area contributed by atoms with Crippen molar-refractivity contribution in [2.75, 3.05) is 18.4 Å². The highest BCUT2D eigenvalue weighted by Crippen LogP contribution is 2.15. The van der Waals surface area contributed by atoms with Crippen LogP contribution in [0.25, 0.3) is 0 Å². The number of urea groups is 1. The molecular weight excluding hydrogens is 294 g/mol. The van der Waals surface area contributed by atoms with Crippen LogP contribution >= 0.6 is 0 Å². The van der Waals surface area contributed by atoms with Crippen molar-refractivity contribution in [1.82, 2.24) is 10.2 Å². The molecule has 0 aliphatic carbocycles. The van der Waals surface area contributed by atoms with E-state index in [1.54, 1.807) is 29.2 Å². The highest BCUT2D eigenvalue weighted by molar-refractivity contribution is 5.97. The van der Waals surface area contributed by atoms with Gasteiger partial charge in [-0.25, -0.2) is 4.79 Å². The summed E-state index contributed by atoms with van der Waals surface area (Å²) in [5.74, 6) is -0.179. The number of piperidine rings is 1. The van der Waals surface area contributed by atoms with E-state index in [1.165, 1.54) is 0 Å². The van der Waals surface area contributed by atoms with Crippen LogP contribution < -0.4 is 10.6 Å². The van der Waals surface area contributed by atoms with Crippen LogP contribution in [0.4, 0.5) is 10.5 Å². The highest BCUT2D eigenvalue weighted by Gasteiger charge is 2.22. The van der Waals surface area contributed by atoms with Gasteiger partial charge in [-0.15, -0.1) is 0 Å². The summed E-state index contributed by atoms with van der Waals surface area (Å²) < 4.78 is 0. The van der Waals surface area contributed by atoms with Crippen molar-refractivity contribution in [2.45, 2.75) is 45.3 Å². The number of aliphatic hydroxyl groups excluding tert-OH is 1. The van der Waals surface area contributed by atoms with Gasteiger partial charge in [0, 0.05) is 29.9 Å². The molecule has 0 unspecified atom stereocenters. The van der Waals surface area contributed by atoms with Crippen molar-refractivity contribution in [3.05, 3.63) is 29.8 Å². The Labute approximate surface area is 136 Å². The number of anilines is 1. The van der Waals surface area contributed by atoms with E-state index in [2.05, 4.69) is 10.6 Å². The molecule has 2 rings (SSSR count). The van der Waals surface area contributed by atoms with E-state index in [-0.39, 0.29) is 17.5 Å². The zero-order valence-corrected chi connectivity index (χ0v) is 13.9. The van der Waals surface area contributed by atoms with Crippen molar-refractivity contribution in [1.29, 1.82) is 0 Å². The lowest BCUT2D eigenvalue weighted by Crippen LogP contribution is -2.44. The second-order valence-electron chi connectivity index (χ2n) is 6.96. The molecule has 6 nitrogen and oxygen atoms in total. The van der Waals surface area contributed by atoms with Gasteiger partial charge in [0.2, 0.25) is 0 Å². The van der Waals surface area contributed by atoms with Gasteiger partial charge < -0.3 is 20.6 Å². The molecule has 0 radical (unpaired) electrons. The van der Waals surface area contributed by atoms with Crippen LogP contribution in [-0.2, 0) is 0 Å². The largest absolute Gasteiger partial charge is 0.391 e. The van der Waals surface area contributed by atoms with Crippen LogP contribution in [0, 0.1) is 0 Å². The number of nitrogens with one attached hydrogen (secondary N) is 2. The number of rotatable bonds is 2. The van der Waals surface area contributed by atoms with Crippen LogP contribution in [0.5, 0.6) is 0 Å². The van der Waals surface area contributed by atoms with Gasteiger partial charge in [-0.1, -0.05) is 6.07 Å². The summed E-state index contributed by atoms with van der Waals surface area (Å²) in [4.78, 5) is 26.0. The molecule has 3 amide bonds. The molecule has 1 heterocycles. The van der Waals surface area contributed by atoms with Crippen LogP contribution in [0.1, 0.15) is 44.0 Å². The Hall–Kier alpha value is -2.08. The van der Waals surface area contributed by atoms with E-state index in [1.807, 2.05) is 20.8 Å². The number of aliphatic hydroxyl groups is 1. The number of hydrogen-bond acceptors (Lipinski definition) is 3. The predicted molar refractivity (Wildman–Crippen MR) is 89.5 cm³/mol. The van der Waals surface area contributed by atoms with Gasteiger partial charge in [-0.05, 0) is 51.8 Å². The van der Waals surface area contributed by atoms with Crippen molar-refractivity contribution in [2.24, 2.45) is 0 Å². The average Bonchev–Trinajstić information content (AvgIpc) is 2.45. The summed E-state index contributed by atoms with van der Waals surface area (Å²) in [6, 6.07) is 6.59. The smallest absolute Gasteiger partial charge is 0.321 e. The molecule has 0 saturated carbocycles. The molecule has 1 atom stereocenters. The molecule has 0 aromatic heterocycles. The quantitative estimate of drug-likeness (QED) is 0.781. The fourth-order valence-electron chi connectivity index (χ4n) is 2.49. The van der Waals surface area contributed by atoms with Gasteiger partial charge in [0.25, 0.3) is 5.91 Å². The molecule has 23 heavy (non-hydrogen) atoms. The summed E-state index contributed by atoms with van der Waals surface area (Å²) in [7, 11) is 0. The van der Waals surface area contributed by atoms with Crippen LogP contribution in [-0.4, -0.2) is 46.7 Å². The topological polar surface area (TPSA) is 81.7 Å². The number of carbonyl (C=O) groups is 2. The molecule has 1 aromatic carbocycles. The molecule has 1 aliphatic heterocycles. The Morgan fingerprint density at radius 1 is 1.30 bits per heavy atom. The fraction of sp³-hybridized carbons (Fsp3) is 0.529. The van der Waals surface area contributed by atoms with Crippen LogP contribution in [0.3, 0.4) is 0 Å². The van der Waals surface area contributed by atoms with E-state index in [0.29, 0.717) is 24.3 Å². The third-order valence-electron chi connectivity index (χ3n) is 3.55. The van der Waals surface area contributed by atoms with Crippen LogP contribution in [0.2, 0.25) is 0 Å². The number of β-amino-alcohol motifs (C(OH)–C–C–N with tert-alkyl or cyclic N) is 1. The van der Waals surface area contributed by atoms with Crippen molar-refractivity contribution < 1.29 is 14.7 Å². The Morgan fingerprint density at radius 2 is 2.04 bits per heavy atom. The standard InChI is InChI=1S/C17H25N3O3/c1-17(2,3)19-15(22)12-6-4-7-13(10-12)18-16(23)20-9-5-8-14(21)11-20/h4,6-7,10,14,21H,5,8-9,11H2,1-3H3,(H,18,23)(H,19,22)/t14-/m0/s1. The van der Waals surface area contributed by atoms with Gasteiger partial charge in [0.05, 0.1) is 6.10 Å². The lowest BCUT2D eigenvalue weighted by Gasteiger charge is -2.30. The first-order valence-electron chi connectivity index (χ1n) is 7.91. The fourth-order valence-corrected chi connectivity index (χ4v) is 2.49. The monoisotopic (exact) mass is 319 g/mol. The average molecular weight is 319 g/mol. The Bertz CT molecular complexity index is 581. The first-order chi connectivity index (χ1) is 10.7. The van der Waals surface area contributed by atoms with Crippen molar-refractivity contribution in [3.8, 4) is 0 Å². The van der Waals surface area contributed by atoms with Crippen molar-refractivity contribution >= 4 is 17.6 Å². The Morgan fingerprint density at radius 3 is 2.70 bits per heavy atom. The minimum absolute atomic E-state index is 0.179. The lowest BCUT2D eigenvalue weighted by atomic mass is 10.1. The summed E-state index contributed by atoms with van der Waals surface area (Å²) >= 11 is 0. The lowest BCUT2D eigenvalue weighted by molar-refractivity contribution is 0.0883. The number of benzene rings is 1. The van der Waals surface area contributed by atoms with E-state index in [9.17, 15) is 14.7 Å². The number of hydrogen-bond donors (Lipinski definition) is 3. The first kappa shape index (κ1) is 17.3. The Balaban J connectivity index is 2.02. The molecule has 3 N–H and O–H groups in total. The molecule has 1 fully saturated rings. The summed E-state index contributed by atoms with van der Waals surface area (Å²) in [5.41, 5.74) is 0.744. The summed E-state index contributed by atoms with van der Waals surface area (Å²) in [5, 5.41) is 15.3. The molecule has 0 bridgehead atoms. The normalized spacial score (nSPS) is 18.4. The van der Waals surface area contributed by atoms with E-state index in [0.717, 1.165) is 12.8 Å². The van der Waals surface area contributed by atoms with Gasteiger partial charge in [0.15, 0.2) is 0 Å². The maximum Gasteiger partial charge on any atom is 0.321 e. The van der Waals surface area contributed by atoms with Gasteiger partial charge in [0.1, 0.15) is 0 Å². The second-order valence-corrected chi connectivity index (χ2v) is 6.96. The second kappa shape index (κ2) is 7.00. The van der Waals surface area contributed by atoms with Gasteiger partial charge in [-0.2, -0.15) is 0 Å². The molecule has 1 aliphatic rings. The number of nitrogens with zero attached hydrogens (tertiary/aromatic N) is 1. The summed E-state index contributed by atoms with van der Waals surface area (Å²) in [6.07, 6.45) is 1.06. The van der Waals surface area contributed by atoms with E-state index in [4.69, 9.17) is 0 Å². The molecule has 1 aromatic rings. The molecular formula is C17H25N3O3. The van der Waals surface area contributed by atoms with E-state index < -0.39 is 6.10 Å². The zero-order valence-electron chi connectivity index (χ0n) is 13.9. The summed E-state index contributed by atoms with van der Waals surface area (Å²) in [6.45, 7) is 6.72. The minimum atomic E-state index is -0.460. The molecule has 6 heteroatoms.